The Bertz CT molecular complexity index is 412. The summed E-state index contributed by atoms with van der Waals surface area (Å²) in [7, 11) is 0. The van der Waals surface area contributed by atoms with Crippen LogP contribution in [0.25, 0.3) is 0 Å². The molecule has 2 N–H and O–H groups in total. The summed E-state index contributed by atoms with van der Waals surface area (Å²) in [5.41, 5.74) is 2.71. The smallest absolute Gasteiger partial charge is 0.115 e. The van der Waals surface area contributed by atoms with Crippen LogP contribution in [0.5, 0.6) is 5.75 Å². The molecule has 2 unspecified atom stereocenters. The van der Waals surface area contributed by atoms with Crippen LogP contribution in [0.1, 0.15) is 63.6 Å². The fourth-order valence-corrected chi connectivity index (χ4v) is 3.41. The fraction of sp³-hybridized carbons (Fsp3) is 0.647. The SMILES string of the molecule is CCC(CC)C(C)NC1CCCc2ccc(O)cc21. The van der Waals surface area contributed by atoms with Gasteiger partial charge in [0.15, 0.2) is 0 Å². The van der Waals surface area contributed by atoms with E-state index in [4.69, 9.17) is 0 Å². The standard InChI is InChI=1S/C17H27NO/c1-4-13(5-2)12(3)18-17-8-6-7-14-9-10-15(19)11-16(14)17/h9-13,17-19H,4-8H2,1-3H3. The zero-order chi connectivity index (χ0) is 13.8. The van der Waals surface area contributed by atoms with E-state index < -0.39 is 0 Å². The Kier molecular flexibility index (Phi) is 4.87. The first-order chi connectivity index (χ1) is 9.15. The number of hydrogen-bond donors (Lipinski definition) is 2. The second kappa shape index (κ2) is 6.42. The largest absolute Gasteiger partial charge is 0.508 e. The van der Waals surface area contributed by atoms with Crippen molar-refractivity contribution in [2.45, 2.75) is 65.0 Å². The maximum absolute atomic E-state index is 9.71. The minimum Gasteiger partial charge on any atom is -0.508 e. The van der Waals surface area contributed by atoms with E-state index in [-0.39, 0.29) is 0 Å². The van der Waals surface area contributed by atoms with Gasteiger partial charge in [-0.1, -0.05) is 32.8 Å². The minimum atomic E-state index is 0.391. The molecule has 1 aromatic rings. The number of rotatable bonds is 5. The third kappa shape index (κ3) is 3.30. The lowest BCUT2D eigenvalue weighted by Crippen LogP contribution is -2.37. The lowest BCUT2D eigenvalue weighted by molar-refractivity contribution is 0.307. The predicted octanol–water partition coefficient (Wildman–Crippen LogP) is 4.18. The van der Waals surface area contributed by atoms with E-state index >= 15 is 0 Å². The van der Waals surface area contributed by atoms with Crippen molar-refractivity contribution in [1.29, 1.82) is 0 Å². The Hall–Kier alpha value is -1.02. The van der Waals surface area contributed by atoms with Crippen LogP contribution < -0.4 is 5.32 Å². The van der Waals surface area contributed by atoms with Crippen molar-refractivity contribution in [3.8, 4) is 5.75 Å². The van der Waals surface area contributed by atoms with Crippen molar-refractivity contribution in [2.75, 3.05) is 0 Å². The van der Waals surface area contributed by atoms with Gasteiger partial charge in [0, 0.05) is 12.1 Å². The van der Waals surface area contributed by atoms with Gasteiger partial charge in [0.05, 0.1) is 0 Å². The average molecular weight is 261 g/mol. The van der Waals surface area contributed by atoms with Crippen molar-refractivity contribution in [3.63, 3.8) is 0 Å². The molecule has 1 aliphatic carbocycles. The minimum absolute atomic E-state index is 0.391. The summed E-state index contributed by atoms with van der Waals surface area (Å²) in [6.07, 6.45) is 6.02. The summed E-state index contributed by atoms with van der Waals surface area (Å²) in [5.74, 6) is 1.13. The molecule has 1 aromatic carbocycles. The molecule has 0 aromatic heterocycles. The fourth-order valence-electron chi connectivity index (χ4n) is 3.41. The van der Waals surface area contributed by atoms with Crippen LogP contribution in [0.2, 0.25) is 0 Å². The van der Waals surface area contributed by atoms with Gasteiger partial charge in [0.1, 0.15) is 5.75 Å². The van der Waals surface area contributed by atoms with Gasteiger partial charge in [-0.05, 0) is 55.4 Å². The highest BCUT2D eigenvalue weighted by molar-refractivity contribution is 5.38. The monoisotopic (exact) mass is 261 g/mol. The van der Waals surface area contributed by atoms with Crippen molar-refractivity contribution >= 4 is 0 Å². The Morgan fingerprint density at radius 3 is 2.74 bits per heavy atom. The molecule has 2 atom stereocenters. The van der Waals surface area contributed by atoms with E-state index in [9.17, 15) is 5.11 Å². The predicted molar refractivity (Wildman–Crippen MR) is 80.5 cm³/mol. The maximum Gasteiger partial charge on any atom is 0.115 e. The van der Waals surface area contributed by atoms with Crippen LogP contribution in [-0.4, -0.2) is 11.1 Å². The average Bonchev–Trinajstić information content (AvgIpc) is 2.41. The lowest BCUT2D eigenvalue weighted by Gasteiger charge is -2.32. The van der Waals surface area contributed by atoms with E-state index in [1.54, 1.807) is 0 Å². The molecule has 19 heavy (non-hydrogen) atoms. The summed E-state index contributed by atoms with van der Waals surface area (Å²) in [4.78, 5) is 0. The second-order valence-corrected chi connectivity index (χ2v) is 5.86. The summed E-state index contributed by atoms with van der Waals surface area (Å²) in [6.45, 7) is 6.84. The third-order valence-corrected chi connectivity index (χ3v) is 4.66. The van der Waals surface area contributed by atoms with Crippen LogP contribution >= 0.6 is 0 Å². The van der Waals surface area contributed by atoms with E-state index in [1.165, 1.54) is 36.8 Å². The Balaban J connectivity index is 2.13. The maximum atomic E-state index is 9.71. The topological polar surface area (TPSA) is 32.3 Å². The zero-order valence-corrected chi connectivity index (χ0v) is 12.4. The van der Waals surface area contributed by atoms with Gasteiger partial charge < -0.3 is 10.4 Å². The number of phenols is 1. The first-order valence-corrected chi connectivity index (χ1v) is 7.73. The van der Waals surface area contributed by atoms with Crippen LogP contribution in [0.15, 0.2) is 18.2 Å². The Morgan fingerprint density at radius 1 is 1.32 bits per heavy atom. The number of phenolic OH excluding ortho intramolecular Hbond substituents is 1. The molecule has 1 aliphatic rings. The Morgan fingerprint density at radius 2 is 2.05 bits per heavy atom. The van der Waals surface area contributed by atoms with Crippen LogP contribution in [-0.2, 0) is 6.42 Å². The first-order valence-electron chi connectivity index (χ1n) is 7.73. The molecule has 0 saturated carbocycles. The molecule has 0 heterocycles. The molecule has 106 valence electrons. The number of fused-ring (bicyclic) bond motifs is 1. The van der Waals surface area contributed by atoms with Crippen LogP contribution in [0.3, 0.4) is 0 Å². The van der Waals surface area contributed by atoms with Crippen molar-refractivity contribution < 1.29 is 5.11 Å². The summed E-state index contributed by atoms with van der Waals surface area (Å²) >= 11 is 0. The third-order valence-electron chi connectivity index (χ3n) is 4.66. The molecule has 2 rings (SSSR count). The second-order valence-electron chi connectivity index (χ2n) is 5.86. The van der Waals surface area contributed by atoms with Crippen LogP contribution in [0.4, 0.5) is 0 Å². The van der Waals surface area contributed by atoms with Gasteiger partial charge in [-0.3, -0.25) is 0 Å². The molecule has 0 saturated heterocycles. The van der Waals surface area contributed by atoms with Gasteiger partial charge in [-0.15, -0.1) is 0 Å². The normalized spacial score (nSPS) is 20.3. The summed E-state index contributed by atoms with van der Waals surface area (Å²) < 4.78 is 0. The van der Waals surface area contributed by atoms with Gasteiger partial charge in [0.2, 0.25) is 0 Å². The van der Waals surface area contributed by atoms with Gasteiger partial charge in [0.25, 0.3) is 0 Å². The first kappa shape index (κ1) is 14.4. The molecule has 0 fully saturated rings. The number of aromatic hydroxyl groups is 1. The van der Waals surface area contributed by atoms with Gasteiger partial charge >= 0.3 is 0 Å². The van der Waals surface area contributed by atoms with Crippen molar-refractivity contribution in [2.24, 2.45) is 5.92 Å². The highest BCUT2D eigenvalue weighted by atomic mass is 16.3. The van der Waals surface area contributed by atoms with E-state index in [1.807, 2.05) is 12.1 Å². The highest BCUT2D eigenvalue weighted by Crippen LogP contribution is 2.33. The zero-order valence-electron chi connectivity index (χ0n) is 12.4. The summed E-state index contributed by atoms with van der Waals surface area (Å²) in [6, 6.07) is 6.79. The summed E-state index contributed by atoms with van der Waals surface area (Å²) in [5, 5.41) is 13.5. The molecular weight excluding hydrogens is 234 g/mol. The number of hydrogen-bond acceptors (Lipinski definition) is 2. The number of aryl methyl sites for hydroxylation is 1. The molecule has 0 aliphatic heterocycles. The molecule has 0 bridgehead atoms. The molecule has 0 amide bonds. The van der Waals surface area contributed by atoms with Crippen molar-refractivity contribution in [3.05, 3.63) is 29.3 Å². The molecule has 2 heteroatoms. The number of nitrogens with one attached hydrogen (secondary N) is 1. The Labute approximate surface area is 117 Å². The van der Waals surface area contributed by atoms with E-state index in [0.29, 0.717) is 17.8 Å². The van der Waals surface area contributed by atoms with Crippen molar-refractivity contribution in [1.82, 2.24) is 5.32 Å². The molecule has 0 spiro atoms. The lowest BCUT2D eigenvalue weighted by atomic mass is 9.86. The molecule has 2 nitrogen and oxygen atoms in total. The van der Waals surface area contributed by atoms with E-state index in [2.05, 4.69) is 32.2 Å². The van der Waals surface area contributed by atoms with E-state index in [0.717, 1.165) is 12.3 Å². The van der Waals surface area contributed by atoms with Gasteiger partial charge in [-0.25, -0.2) is 0 Å². The number of benzene rings is 1. The quantitative estimate of drug-likeness (QED) is 0.833. The molecular formula is C17H27NO. The molecule has 0 radical (unpaired) electrons. The van der Waals surface area contributed by atoms with Gasteiger partial charge in [-0.2, -0.15) is 0 Å². The highest BCUT2D eigenvalue weighted by Gasteiger charge is 2.24. The van der Waals surface area contributed by atoms with Crippen LogP contribution in [0, 0.1) is 5.92 Å².